The topological polar surface area (TPSA) is 17.1 Å². The zero-order valence-corrected chi connectivity index (χ0v) is 17.9. The lowest BCUT2D eigenvalue weighted by Crippen LogP contribution is -2.31. The Morgan fingerprint density at radius 3 is 1.63 bits per heavy atom. The molecule has 2 aromatic rings. The van der Waals surface area contributed by atoms with Gasteiger partial charge in [0.05, 0.1) is 5.66 Å². The van der Waals surface area contributed by atoms with Crippen molar-refractivity contribution >= 4 is 34.2 Å². The highest BCUT2D eigenvalue weighted by atomic mass is 32.4. The van der Waals surface area contributed by atoms with Gasteiger partial charge in [0, 0.05) is 12.5 Å². The smallest absolute Gasteiger partial charge is 0.141 e. The van der Waals surface area contributed by atoms with E-state index >= 15 is 0 Å². The molecule has 1 unspecified atom stereocenters. The van der Waals surface area contributed by atoms with Crippen molar-refractivity contribution in [3.05, 3.63) is 60.7 Å². The van der Waals surface area contributed by atoms with Crippen LogP contribution in [0, 0.1) is 0 Å². The Hall–Kier alpha value is -1.24. The molecule has 1 aliphatic carbocycles. The van der Waals surface area contributed by atoms with E-state index in [9.17, 15) is 4.79 Å². The predicted octanol–water partition coefficient (Wildman–Crippen LogP) is 5.97. The molecule has 0 spiro atoms. The maximum Gasteiger partial charge on any atom is 0.141 e. The standard InChI is InChI=1S/C24H31OPS/c25-23-19-13-5-3-1-2-4-6-14-20-24(23)26(27,21-15-9-7-10-16-21)22-17-11-8-12-18-22/h7-12,15-18,24H,1-6,13-14,19-20H2. The van der Waals surface area contributed by atoms with Crippen molar-refractivity contribution in [1.29, 1.82) is 0 Å². The Morgan fingerprint density at radius 1 is 0.667 bits per heavy atom. The molecular weight excluding hydrogens is 367 g/mol. The van der Waals surface area contributed by atoms with Crippen LogP contribution in [0.15, 0.2) is 60.7 Å². The van der Waals surface area contributed by atoms with E-state index in [1.165, 1.54) is 49.1 Å². The fourth-order valence-corrected chi connectivity index (χ4v) is 8.95. The molecule has 0 N–H and O–H groups in total. The lowest BCUT2D eigenvalue weighted by molar-refractivity contribution is -0.118. The molecule has 0 aliphatic heterocycles. The third-order valence-electron chi connectivity index (χ3n) is 5.74. The number of hydrogen-bond acceptors (Lipinski definition) is 2. The van der Waals surface area contributed by atoms with Crippen LogP contribution < -0.4 is 10.6 Å². The predicted molar refractivity (Wildman–Crippen MR) is 121 cm³/mol. The number of rotatable bonds is 3. The van der Waals surface area contributed by atoms with Gasteiger partial charge < -0.3 is 0 Å². The fraction of sp³-hybridized carbons (Fsp3) is 0.458. The van der Waals surface area contributed by atoms with Crippen LogP contribution in [0.3, 0.4) is 0 Å². The molecule has 3 heteroatoms. The van der Waals surface area contributed by atoms with E-state index in [0.29, 0.717) is 12.2 Å². The normalized spacial score (nSPS) is 20.4. The average Bonchev–Trinajstić information content (AvgIpc) is 2.71. The Morgan fingerprint density at radius 2 is 1.11 bits per heavy atom. The van der Waals surface area contributed by atoms with Gasteiger partial charge in [-0.2, -0.15) is 0 Å². The van der Waals surface area contributed by atoms with E-state index in [0.717, 1.165) is 19.3 Å². The van der Waals surface area contributed by atoms with E-state index in [2.05, 4.69) is 48.5 Å². The van der Waals surface area contributed by atoms with Gasteiger partial charge in [0.15, 0.2) is 0 Å². The van der Waals surface area contributed by atoms with Crippen molar-refractivity contribution in [3.63, 3.8) is 0 Å². The van der Waals surface area contributed by atoms with E-state index in [4.69, 9.17) is 11.8 Å². The minimum atomic E-state index is -2.18. The highest BCUT2D eigenvalue weighted by Gasteiger charge is 2.36. The molecule has 2 aromatic carbocycles. The molecule has 0 bridgehead atoms. The molecule has 1 nitrogen and oxygen atoms in total. The first kappa shape index (κ1) is 20.5. The summed E-state index contributed by atoms with van der Waals surface area (Å²) >= 11 is 6.47. The molecule has 0 amide bonds. The maximum absolute atomic E-state index is 13.4. The summed E-state index contributed by atoms with van der Waals surface area (Å²) in [6.07, 6.45) is 11.4. The summed E-state index contributed by atoms with van der Waals surface area (Å²) in [4.78, 5) is 13.4. The summed E-state index contributed by atoms with van der Waals surface area (Å²) < 4.78 is 0. The third-order valence-corrected chi connectivity index (χ3v) is 11.3. The molecule has 0 radical (unpaired) electrons. The first-order valence-electron chi connectivity index (χ1n) is 10.5. The second-order valence-electron chi connectivity index (χ2n) is 7.68. The molecule has 1 fully saturated rings. The number of hydrogen-bond donors (Lipinski definition) is 0. The first-order chi connectivity index (χ1) is 13.2. The van der Waals surface area contributed by atoms with E-state index in [1.54, 1.807) is 0 Å². The highest BCUT2D eigenvalue weighted by Crippen LogP contribution is 2.51. The van der Waals surface area contributed by atoms with Crippen LogP contribution in [0.4, 0.5) is 0 Å². The number of carbonyl (C=O) groups excluding carboxylic acids is 1. The molecule has 0 saturated heterocycles. The summed E-state index contributed by atoms with van der Waals surface area (Å²) in [6.45, 7) is 0. The van der Waals surface area contributed by atoms with Gasteiger partial charge in [-0.25, -0.2) is 0 Å². The van der Waals surface area contributed by atoms with Crippen molar-refractivity contribution in [2.45, 2.75) is 69.9 Å². The number of carbonyl (C=O) groups is 1. The molecule has 3 rings (SSSR count). The van der Waals surface area contributed by atoms with Gasteiger partial charge in [-0.3, -0.25) is 4.79 Å². The van der Waals surface area contributed by atoms with Crippen LogP contribution in [0.5, 0.6) is 0 Å². The van der Waals surface area contributed by atoms with Crippen molar-refractivity contribution in [2.75, 3.05) is 0 Å². The largest absolute Gasteiger partial charge is 0.299 e. The summed E-state index contributed by atoms with van der Waals surface area (Å²) in [5.74, 6) is 0.409. The molecule has 1 aliphatic rings. The van der Waals surface area contributed by atoms with Crippen molar-refractivity contribution in [3.8, 4) is 0 Å². The SMILES string of the molecule is O=C1CCCCCCCCCCC1P(=S)(c1ccccc1)c1ccccc1. The Labute approximate surface area is 169 Å². The summed E-state index contributed by atoms with van der Waals surface area (Å²) in [7, 11) is 0. The fourth-order valence-electron chi connectivity index (χ4n) is 4.22. The Kier molecular flexibility index (Phi) is 7.85. The lowest BCUT2D eigenvalue weighted by atomic mass is 10.00. The first-order valence-corrected chi connectivity index (χ1v) is 13.3. The van der Waals surface area contributed by atoms with Crippen molar-refractivity contribution < 1.29 is 4.79 Å². The maximum atomic E-state index is 13.4. The molecular formula is C24H31OPS. The average molecular weight is 399 g/mol. The van der Waals surface area contributed by atoms with E-state index in [-0.39, 0.29) is 5.66 Å². The van der Waals surface area contributed by atoms with Gasteiger partial charge in [0.25, 0.3) is 0 Å². The number of ketones is 1. The summed E-state index contributed by atoms with van der Waals surface area (Å²) in [5, 5.41) is 2.38. The van der Waals surface area contributed by atoms with Gasteiger partial charge in [0.2, 0.25) is 0 Å². The monoisotopic (exact) mass is 398 g/mol. The van der Waals surface area contributed by atoms with Crippen LogP contribution in [0.2, 0.25) is 0 Å². The van der Waals surface area contributed by atoms with Gasteiger partial charge in [-0.05, 0) is 23.5 Å². The van der Waals surface area contributed by atoms with E-state index in [1.807, 2.05) is 12.1 Å². The van der Waals surface area contributed by atoms with Gasteiger partial charge >= 0.3 is 0 Å². The van der Waals surface area contributed by atoms with Crippen LogP contribution in [-0.2, 0) is 16.6 Å². The second kappa shape index (κ2) is 10.3. The van der Waals surface area contributed by atoms with Gasteiger partial charge in [0.1, 0.15) is 5.78 Å². The number of Topliss-reactive ketones (excluding diaryl/α,β-unsaturated/α-hetero) is 1. The minimum absolute atomic E-state index is 0.0169. The zero-order valence-electron chi connectivity index (χ0n) is 16.2. The number of benzene rings is 2. The van der Waals surface area contributed by atoms with Crippen LogP contribution >= 0.6 is 6.04 Å². The van der Waals surface area contributed by atoms with Gasteiger partial charge in [-0.15, -0.1) is 0 Å². The third kappa shape index (κ3) is 5.18. The summed E-state index contributed by atoms with van der Waals surface area (Å²) in [6, 6.07) is 18.8. The van der Waals surface area contributed by atoms with Crippen LogP contribution in [0.25, 0.3) is 0 Å². The minimum Gasteiger partial charge on any atom is -0.299 e. The van der Waals surface area contributed by atoms with Crippen LogP contribution in [-0.4, -0.2) is 11.4 Å². The van der Waals surface area contributed by atoms with Crippen LogP contribution in [0.1, 0.15) is 64.2 Å². The molecule has 27 heavy (non-hydrogen) atoms. The second-order valence-corrected chi connectivity index (χ2v) is 12.4. The highest BCUT2D eigenvalue weighted by molar-refractivity contribution is 8.22. The van der Waals surface area contributed by atoms with E-state index < -0.39 is 6.04 Å². The Balaban J connectivity index is 1.99. The molecule has 1 saturated carbocycles. The molecule has 0 aromatic heterocycles. The quantitative estimate of drug-likeness (QED) is 0.593. The lowest BCUT2D eigenvalue weighted by Gasteiger charge is -2.32. The summed E-state index contributed by atoms with van der Waals surface area (Å²) in [5.41, 5.74) is -0.0169. The van der Waals surface area contributed by atoms with Crippen molar-refractivity contribution in [1.82, 2.24) is 0 Å². The molecule has 1 atom stereocenters. The molecule has 144 valence electrons. The van der Waals surface area contributed by atoms with Gasteiger partial charge in [-0.1, -0.05) is 117 Å². The zero-order chi connectivity index (χ0) is 19.0. The van der Waals surface area contributed by atoms with Crippen molar-refractivity contribution in [2.24, 2.45) is 0 Å². The Bertz CT molecular complexity index is 713. The molecule has 0 heterocycles.